The quantitative estimate of drug-likeness (QED) is 0.469. The standard InChI is InChI=1S/C20H27N7O2/c1-2-29-17-7-5-16(6-8-17)27-19-18(25-26-27)13-22-20(24-19)23-15-4-3-14(11-15)12-21-9-10-28/h5-8,13-15,21,28H,2-4,9-12H2,1H3,(H,22,23,24)/t14-,15-/m1/s1. The second-order valence-electron chi connectivity index (χ2n) is 7.28. The van der Waals surface area contributed by atoms with Crippen LogP contribution in [0.15, 0.2) is 30.5 Å². The van der Waals surface area contributed by atoms with Crippen LogP contribution < -0.4 is 15.4 Å². The monoisotopic (exact) mass is 397 g/mol. The van der Waals surface area contributed by atoms with Crippen LogP contribution >= 0.6 is 0 Å². The maximum absolute atomic E-state index is 8.89. The van der Waals surface area contributed by atoms with Gasteiger partial charge in [-0.1, -0.05) is 5.21 Å². The number of hydrogen-bond donors (Lipinski definition) is 3. The van der Waals surface area contributed by atoms with E-state index < -0.39 is 0 Å². The van der Waals surface area contributed by atoms with Gasteiger partial charge >= 0.3 is 0 Å². The summed E-state index contributed by atoms with van der Waals surface area (Å²) in [4.78, 5) is 9.08. The molecule has 0 amide bonds. The molecule has 4 rings (SSSR count). The highest BCUT2D eigenvalue weighted by Gasteiger charge is 2.25. The molecule has 0 radical (unpaired) electrons. The normalized spacial score (nSPS) is 19.0. The zero-order chi connectivity index (χ0) is 20.1. The van der Waals surface area contributed by atoms with Crippen LogP contribution in [-0.2, 0) is 0 Å². The van der Waals surface area contributed by atoms with E-state index in [1.165, 1.54) is 0 Å². The van der Waals surface area contributed by atoms with Crippen LogP contribution in [0.25, 0.3) is 16.9 Å². The molecule has 3 aromatic rings. The first kappa shape index (κ1) is 19.5. The topological polar surface area (TPSA) is 110 Å². The highest BCUT2D eigenvalue weighted by atomic mass is 16.5. The summed E-state index contributed by atoms with van der Waals surface area (Å²) in [5.74, 6) is 2.03. The van der Waals surface area contributed by atoms with Gasteiger partial charge in [-0.3, -0.25) is 0 Å². The fourth-order valence-electron chi connectivity index (χ4n) is 3.78. The van der Waals surface area contributed by atoms with Gasteiger partial charge in [-0.2, -0.15) is 9.67 Å². The molecule has 0 bridgehead atoms. The van der Waals surface area contributed by atoms with E-state index in [2.05, 4.69) is 30.9 Å². The SMILES string of the molecule is CCOc1ccc(-n2nnc3cnc(N[C@@H]4CC[C@@H](CNCCO)C4)nc32)cc1. The molecule has 2 aromatic heterocycles. The molecule has 1 saturated carbocycles. The number of aromatic nitrogens is 5. The van der Waals surface area contributed by atoms with Crippen LogP contribution in [0.4, 0.5) is 5.95 Å². The van der Waals surface area contributed by atoms with Gasteiger partial charge in [0.25, 0.3) is 0 Å². The number of nitrogens with one attached hydrogen (secondary N) is 2. The van der Waals surface area contributed by atoms with Crippen molar-refractivity contribution in [2.45, 2.75) is 32.2 Å². The van der Waals surface area contributed by atoms with Gasteiger partial charge in [-0.15, -0.1) is 5.10 Å². The first-order chi connectivity index (χ1) is 14.3. The van der Waals surface area contributed by atoms with Gasteiger partial charge in [0.2, 0.25) is 5.95 Å². The van der Waals surface area contributed by atoms with E-state index >= 15 is 0 Å². The van der Waals surface area contributed by atoms with Crippen molar-refractivity contribution in [2.24, 2.45) is 5.92 Å². The Labute approximate surface area is 169 Å². The smallest absolute Gasteiger partial charge is 0.225 e. The zero-order valence-electron chi connectivity index (χ0n) is 16.6. The molecule has 2 atom stereocenters. The van der Waals surface area contributed by atoms with Gasteiger partial charge in [0.1, 0.15) is 5.75 Å². The van der Waals surface area contributed by atoms with E-state index in [9.17, 15) is 0 Å². The lowest BCUT2D eigenvalue weighted by Crippen LogP contribution is -2.25. The summed E-state index contributed by atoms with van der Waals surface area (Å²) < 4.78 is 7.22. The lowest BCUT2D eigenvalue weighted by atomic mass is 10.1. The van der Waals surface area contributed by atoms with E-state index in [4.69, 9.17) is 9.84 Å². The predicted octanol–water partition coefficient (Wildman–Crippen LogP) is 1.77. The number of anilines is 1. The lowest BCUT2D eigenvalue weighted by Gasteiger charge is -2.13. The Hall–Kier alpha value is -2.78. The summed E-state index contributed by atoms with van der Waals surface area (Å²) in [6.45, 7) is 4.36. The number of aliphatic hydroxyl groups is 1. The summed E-state index contributed by atoms with van der Waals surface area (Å²) in [5.41, 5.74) is 2.20. The van der Waals surface area contributed by atoms with Crippen LogP contribution in [0, 0.1) is 5.92 Å². The Kier molecular flexibility index (Phi) is 6.16. The molecule has 9 heteroatoms. The fourth-order valence-corrected chi connectivity index (χ4v) is 3.78. The molecular formula is C20H27N7O2. The number of aliphatic hydroxyl groups excluding tert-OH is 1. The number of fused-ring (bicyclic) bond motifs is 1. The number of benzene rings is 1. The molecule has 0 spiro atoms. The molecule has 0 aliphatic heterocycles. The predicted molar refractivity (Wildman–Crippen MR) is 110 cm³/mol. The Morgan fingerprint density at radius 1 is 1.24 bits per heavy atom. The van der Waals surface area contributed by atoms with Crippen LogP contribution in [-0.4, -0.2) is 62.4 Å². The van der Waals surface area contributed by atoms with Gasteiger partial charge in [0.05, 0.1) is 25.1 Å². The average Bonchev–Trinajstić information content (AvgIpc) is 3.36. The number of ether oxygens (including phenoxy) is 1. The van der Waals surface area contributed by atoms with Crippen LogP contribution in [0.3, 0.4) is 0 Å². The van der Waals surface area contributed by atoms with E-state index in [0.29, 0.717) is 42.2 Å². The molecule has 29 heavy (non-hydrogen) atoms. The first-order valence-electron chi connectivity index (χ1n) is 10.2. The Bertz CT molecular complexity index is 928. The number of hydrogen-bond acceptors (Lipinski definition) is 8. The lowest BCUT2D eigenvalue weighted by molar-refractivity contribution is 0.288. The summed E-state index contributed by atoms with van der Waals surface area (Å²) in [5, 5.41) is 24.0. The van der Waals surface area contributed by atoms with Crippen molar-refractivity contribution in [3.8, 4) is 11.4 Å². The average molecular weight is 397 g/mol. The summed E-state index contributed by atoms with van der Waals surface area (Å²) >= 11 is 0. The van der Waals surface area contributed by atoms with Gasteiger partial charge in [0.15, 0.2) is 11.2 Å². The Morgan fingerprint density at radius 2 is 2.10 bits per heavy atom. The van der Waals surface area contributed by atoms with E-state index in [0.717, 1.165) is 37.2 Å². The van der Waals surface area contributed by atoms with Crippen molar-refractivity contribution < 1.29 is 9.84 Å². The van der Waals surface area contributed by atoms with Crippen molar-refractivity contribution in [1.82, 2.24) is 30.3 Å². The fraction of sp³-hybridized carbons (Fsp3) is 0.500. The maximum Gasteiger partial charge on any atom is 0.225 e. The summed E-state index contributed by atoms with van der Waals surface area (Å²) in [7, 11) is 0. The van der Waals surface area contributed by atoms with Gasteiger partial charge in [-0.05, 0) is 62.9 Å². The number of nitrogens with zero attached hydrogens (tertiary/aromatic N) is 5. The van der Waals surface area contributed by atoms with Crippen molar-refractivity contribution in [3.63, 3.8) is 0 Å². The van der Waals surface area contributed by atoms with Crippen molar-refractivity contribution in [1.29, 1.82) is 0 Å². The van der Waals surface area contributed by atoms with E-state index in [1.807, 2.05) is 31.2 Å². The molecule has 154 valence electrons. The second kappa shape index (κ2) is 9.15. The molecular weight excluding hydrogens is 370 g/mol. The van der Waals surface area contributed by atoms with Crippen LogP contribution in [0.2, 0.25) is 0 Å². The molecule has 0 unspecified atom stereocenters. The molecule has 1 aliphatic rings. The molecule has 2 heterocycles. The van der Waals surface area contributed by atoms with Gasteiger partial charge in [0, 0.05) is 12.6 Å². The van der Waals surface area contributed by atoms with E-state index in [1.54, 1.807) is 10.9 Å². The van der Waals surface area contributed by atoms with Crippen LogP contribution in [0.5, 0.6) is 5.75 Å². The third-order valence-electron chi connectivity index (χ3n) is 5.18. The highest BCUT2D eigenvalue weighted by molar-refractivity contribution is 5.72. The molecule has 1 fully saturated rings. The largest absolute Gasteiger partial charge is 0.494 e. The molecule has 0 saturated heterocycles. The Balaban J connectivity index is 1.46. The molecule has 1 aromatic carbocycles. The minimum absolute atomic E-state index is 0.179. The highest BCUT2D eigenvalue weighted by Crippen LogP contribution is 2.27. The Morgan fingerprint density at radius 3 is 2.90 bits per heavy atom. The van der Waals surface area contributed by atoms with Crippen LogP contribution in [0.1, 0.15) is 26.2 Å². The minimum Gasteiger partial charge on any atom is -0.494 e. The molecule has 3 N–H and O–H groups in total. The third kappa shape index (κ3) is 4.63. The van der Waals surface area contributed by atoms with Crippen molar-refractivity contribution >= 4 is 17.1 Å². The molecule has 1 aliphatic carbocycles. The minimum atomic E-state index is 0.179. The third-order valence-corrected chi connectivity index (χ3v) is 5.18. The van der Waals surface area contributed by atoms with Crippen molar-refractivity contribution in [2.75, 3.05) is 31.6 Å². The summed E-state index contributed by atoms with van der Waals surface area (Å²) in [6.07, 6.45) is 5.02. The van der Waals surface area contributed by atoms with Gasteiger partial charge < -0.3 is 20.5 Å². The maximum atomic E-state index is 8.89. The summed E-state index contributed by atoms with van der Waals surface area (Å²) in [6, 6.07) is 8.06. The zero-order valence-corrected chi connectivity index (χ0v) is 16.6. The van der Waals surface area contributed by atoms with E-state index in [-0.39, 0.29) is 6.61 Å². The first-order valence-corrected chi connectivity index (χ1v) is 10.2. The second-order valence-corrected chi connectivity index (χ2v) is 7.28. The number of rotatable bonds is 9. The van der Waals surface area contributed by atoms with Gasteiger partial charge in [-0.25, -0.2) is 4.98 Å². The van der Waals surface area contributed by atoms with Crippen molar-refractivity contribution in [3.05, 3.63) is 30.5 Å². The molecule has 9 nitrogen and oxygen atoms in total.